The number of likely N-dealkylation sites (tertiary alicyclic amines) is 1. The number of benzene rings is 1. The van der Waals surface area contributed by atoms with E-state index in [1.165, 1.54) is 0 Å². The summed E-state index contributed by atoms with van der Waals surface area (Å²) in [6.07, 6.45) is 4.53. The third kappa shape index (κ3) is 4.92. The Hall–Kier alpha value is -2.68. The first-order valence-electron chi connectivity index (χ1n) is 14.6. The van der Waals surface area contributed by atoms with Crippen molar-refractivity contribution in [2.24, 2.45) is 23.7 Å². The Balaban J connectivity index is 1.89. The number of amides is 3. The van der Waals surface area contributed by atoms with Crippen LogP contribution < -0.4 is 4.90 Å². The summed E-state index contributed by atoms with van der Waals surface area (Å²) < 4.78 is 6.90. The second kappa shape index (κ2) is 11.9. The fourth-order valence-electron chi connectivity index (χ4n) is 7.44. The number of aliphatic hydroxyl groups excluding tert-OH is 1. The molecule has 7 atom stereocenters. The molecule has 3 aliphatic rings. The maximum Gasteiger partial charge on any atom is 0.253 e. The first-order valence-corrected chi connectivity index (χ1v) is 15.0. The first kappa shape index (κ1) is 31.3. The summed E-state index contributed by atoms with van der Waals surface area (Å²) in [6, 6.07) is 5.27. The van der Waals surface area contributed by atoms with Crippen LogP contribution in [0.2, 0.25) is 5.02 Å². The highest BCUT2D eigenvalue weighted by Crippen LogP contribution is 2.66. The zero-order chi connectivity index (χ0) is 30.3. The SMILES string of the molecule is C=CCN(CCC)C(=O)[C@@H]1[C@H]2C(=O)N([C@@H](CO)C(C)C)C(C(=O)N(CC=C)c3ccc(Cl)cc3)C23CC(C)[C@@]1(C)O3. The lowest BCUT2D eigenvalue weighted by molar-refractivity contribution is -0.154. The quantitative estimate of drug-likeness (QED) is 0.369. The Labute approximate surface area is 248 Å². The van der Waals surface area contributed by atoms with Crippen LogP contribution in [0.25, 0.3) is 0 Å². The van der Waals surface area contributed by atoms with Gasteiger partial charge in [0.05, 0.1) is 30.1 Å². The first-order chi connectivity index (χ1) is 19.4. The standard InChI is InChI=1S/C32H44ClN3O5/c1-8-15-34(16-9-2)28(38)25-26-29(39)36(24(19-37)20(4)5)27(32(26)18-21(6)31(25,7)41-32)30(40)35(17-10-3)23-13-11-22(33)12-14-23/h8,10-14,20-21,24-27,37H,1,3,9,15-19H2,2,4-7H3/t21?,24-,25-,26-,27?,31+,32?/m0/s1. The summed E-state index contributed by atoms with van der Waals surface area (Å²) in [5, 5.41) is 11.1. The van der Waals surface area contributed by atoms with E-state index >= 15 is 0 Å². The highest BCUT2D eigenvalue weighted by atomic mass is 35.5. The molecule has 0 radical (unpaired) electrons. The van der Waals surface area contributed by atoms with Gasteiger partial charge in [-0.05, 0) is 55.9 Å². The number of aliphatic hydroxyl groups is 1. The molecule has 2 bridgehead atoms. The molecule has 1 spiro atoms. The summed E-state index contributed by atoms with van der Waals surface area (Å²) in [5.41, 5.74) is -1.54. The van der Waals surface area contributed by atoms with Gasteiger partial charge in [-0.2, -0.15) is 0 Å². The van der Waals surface area contributed by atoms with Gasteiger partial charge >= 0.3 is 0 Å². The van der Waals surface area contributed by atoms with Gasteiger partial charge in [0, 0.05) is 30.3 Å². The molecule has 0 saturated carbocycles. The van der Waals surface area contributed by atoms with Crippen LogP contribution in [0.1, 0.15) is 47.5 Å². The van der Waals surface area contributed by atoms with E-state index < -0.39 is 35.1 Å². The summed E-state index contributed by atoms with van der Waals surface area (Å²) in [7, 11) is 0. The fourth-order valence-corrected chi connectivity index (χ4v) is 7.57. The van der Waals surface area contributed by atoms with Crippen LogP contribution in [0.15, 0.2) is 49.6 Å². The van der Waals surface area contributed by atoms with Crippen LogP contribution in [-0.2, 0) is 19.1 Å². The Morgan fingerprint density at radius 3 is 2.37 bits per heavy atom. The van der Waals surface area contributed by atoms with Gasteiger partial charge in [0.25, 0.3) is 5.91 Å². The van der Waals surface area contributed by atoms with E-state index in [0.29, 0.717) is 30.2 Å². The topological polar surface area (TPSA) is 90.4 Å². The van der Waals surface area contributed by atoms with E-state index in [4.69, 9.17) is 16.3 Å². The molecule has 0 aliphatic carbocycles. The smallest absolute Gasteiger partial charge is 0.253 e. The van der Waals surface area contributed by atoms with Gasteiger partial charge in [-0.3, -0.25) is 14.4 Å². The molecule has 3 amide bonds. The molecule has 3 saturated heterocycles. The molecule has 1 aromatic rings. The second-order valence-corrected chi connectivity index (χ2v) is 12.7. The van der Waals surface area contributed by atoms with Gasteiger partial charge in [0.15, 0.2) is 0 Å². The molecular weight excluding hydrogens is 542 g/mol. The molecule has 0 aromatic heterocycles. The van der Waals surface area contributed by atoms with Crippen LogP contribution in [0.3, 0.4) is 0 Å². The molecule has 3 aliphatic heterocycles. The number of hydrogen-bond acceptors (Lipinski definition) is 5. The number of ether oxygens (including phenoxy) is 1. The summed E-state index contributed by atoms with van der Waals surface area (Å²) >= 11 is 6.14. The lowest BCUT2D eigenvalue weighted by Gasteiger charge is -2.40. The van der Waals surface area contributed by atoms with Crippen molar-refractivity contribution in [2.45, 2.75) is 70.7 Å². The second-order valence-electron chi connectivity index (χ2n) is 12.2. The number of carbonyl (C=O) groups is 3. The number of hydrogen-bond donors (Lipinski definition) is 1. The molecule has 1 aromatic carbocycles. The van der Waals surface area contributed by atoms with Crippen LogP contribution in [-0.4, -0.2) is 82.2 Å². The van der Waals surface area contributed by atoms with E-state index in [2.05, 4.69) is 13.2 Å². The fraction of sp³-hybridized carbons (Fsp3) is 0.594. The van der Waals surface area contributed by atoms with Gasteiger partial charge in [-0.1, -0.05) is 51.4 Å². The summed E-state index contributed by atoms with van der Waals surface area (Å²) in [6.45, 7) is 18.2. The Morgan fingerprint density at radius 2 is 1.83 bits per heavy atom. The van der Waals surface area contributed by atoms with Gasteiger partial charge < -0.3 is 24.5 Å². The lowest BCUT2D eigenvalue weighted by atomic mass is 9.62. The van der Waals surface area contributed by atoms with Crippen molar-refractivity contribution in [1.82, 2.24) is 9.80 Å². The third-order valence-electron chi connectivity index (χ3n) is 9.44. The maximum atomic E-state index is 14.8. The minimum atomic E-state index is -1.22. The lowest BCUT2D eigenvalue weighted by Crippen LogP contribution is -2.60. The molecule has 41 heavy (non-hydrogen) atoms. The van der Waals surface area contributed by atoms with E-state index in [-0.39, 0.29) is 42.7 Å². The van der Waals surface area contributed by atoms with Crippen molar-refractivity contribution in [3.05, 3.63) is 54.6 Å². The number of halogens is 1. The van der Waals surface area contributed by atoms with E-state index in [1.807, 2.05) is 34.6 Å². The van der Waals surface area contributed by atoms with Crippen LogP contribution in [0.5, 0.6) is 0 Å². The van der Waals surface area contributed by atoms with Gasteiger partial charge in [-0.25, -0.2) is 0 Å². The molecule has 3 fully saturated rings. The van der Waals surface area contributed by atoms with Crippen LogP contribution in [0.4, 0.5) is 5.69 Å². The molecule has 8 nitrogen and oxygen atoms in total. The molecule has 224 valence electrons. The maximum absolute atomic E-state index is 14.8. The Morgan fingerprint density at radius 1 is 1.20 bits per heavy atom. The zero-order valence-electron chi connectivity index (χ0n) is 24.9. The predicted molar refractivity (Wildman–Crippen MR) is 160 cm³/mol. The highest BCUT2D eigenvalue weighted by molar-refractivity contribution is 6.30. The monoisotopic (exact) mass is 585 g/mol. The van der Waals surface area contributed by atoms with E-state index in [9.17, 15) is 19.5 Å². The summed E-state index contributed by atoms with van der Waals surface area (Å²) in [5.74, 6) is -2.64. The van der Waals surface area contributed by atoms with Crippen molar-refractivity contribution < 1.29 is 24.2 Å². The van der Waals surface area contributed by atoms with Gasteiger partial charge in [-0.15, -0.1) is 13.2 Å². The molecule has 3 heterocycles. The third-order valence-corrected chi connectivity index (χ3v) is 9.69. The number of anilines is 1. The zero-order valence-corrected chi connectivity index (χ0v) is 25.6. The number of carbonyl (C=O) groups excluding carboxylic acids is 3. The van der Waals surface area contributed by atoms with Crippen molar-refractivity contribution in [1.29, 1.82) is 0 Å². The summed E-state index contributed by atoms with van der Waals surface area (Å²) in [4.78, 5) is 48.5. The molecule has 4 rings (SSSR count). The normalized spacial score (nSPS) is 30.8. The van der Waals surface area contributed by atoms with Gasteiger partial charge in [0.2, 0.25) is 11.8 Å². The number of rotatable bonds is 12. The average molecular weight is 586 g/mol. The molecular formula is C32H44ClN3O5. The van der Waals surface area contributed by atoms with E-state index in [0.717, 1.165) is 6.42 Å². The molecule has 1 N–H and O–H groups in total. The minimum Gasteiger partial charge on any atom is -0.394 e. The van der Waals surface area contributed by atoms with Crippen molar-refractivity contribution in [3.63, 3.8) is 0 Å². The Kier molecular flexibility index (Phi) is 9.07. The van der Waals surface area contributed by atoms with Crippen molar-refractivity contribution in [2.75, 3.05) is 31.1 Å². The largest absolute Gasteiger partial charge is 0.394 e. The van der Waals surface area contributed by atoms with Crippen molar-refractivity contribution in [3.8, 4) is 0 Å². The number of fused-ring (bicyclic) bond motifs is 1. The van der Waals surface area contributed by atoms with Gasteiger partial charge in [0.1, 0.15) is 11.6 Å². The molecule has 9 heteroatoms. The Bertz CT molecular complexity index is 1190. The van der Waals surface area contributed by atoms with E-state index in [1.54, 1.807) is 51.1 Å². The molecule has 3 unspecified atom stereocenters. The highest BCUT2D eigenvalue weighted by Gasteiger charge is 2.80. The van der Waals surface area contributed by atoms with Crippen LogP contribution in [0, 0.1) is 23.7 Å². The van der Waals surface area contributed by atoms with Crippen LogP contribution >= 0.6 is 11.6 Å². The average Bonchev–Trinajstić information content (AvgIpc) is 3.44. The number of nitrogens with zero attached hydrogens (tertiary/aromatic N) is 3. The predicted octanol–water partition coefficient (Wildman–Crippen LogP) is 4.31. The van der Waals surface area contributed by atoms with Crippen molar-refractivity contribution >= 4 is 35.0 Å². The minimum absolute atomic E-state index is 0.0852.